The zero-order valence-corrected chi connectivity index (χ0v) is 12.4. The third-order valence-electron chi connectivity index (χ3n) is 3.74. The van der Waals surface area contributed by atoms with E-state index in [9.17, 15) is 4.79 Å². The molecule has 0 N–H and O–H groups in total. The van der Waals surface area contributed by atoms with E-state index in [1.54, 1.807) is 6.08 Å². The van der Waals surface area contributed by atoms with Crippen LogP contribution in [-0.2, 0) is 9.53 Å². The van der Waals surface area contributed by atoms with Crippen LogP contribution in [0.5, 0.6) is 0 Å². The molecule has 0 spiro atoms. The van der Waals surface area contributed by atoms with Gasteiger partial charge in [0, 0.05) is 18.7 Å². The summed E-state index contributed by atoms with van der Waals surface area (Å²) in [5, 5.41) is 0.187. The molecule has 110 valence electrons. The fourth-order valence-electron chi connectivity index (χ4n) is 2.65. The van der Waals surface area contributed by atoms with Crippen LogP contribution in [0.15, 0.2) is 12.2 Å². The summed E-state index contributed by atoms with van der Waals surface area (Å²) in [7, 11) is 0. The van der Waals surface area contributed by atoms with E-state index < -0.39 is 0 Å². The number of carbonyl (C=O) groups excluding carboxylic acids is 1. The van der Waals surface area contributed by atoms with Crippen molar-refractivity contribution in [2.45, 2.75) is 12.8 Å². The van der Waals surface area contributed by atoms with Crippen molar-refractivity contribution in [1.29, 1.82) is 0 Å². The average molecular weight is 306 g/mol. The molecule has 1 aliphatic carbocycles. The van der Waals surface area contributed by atoms with Crippen LogP contribution < -0.4 is 4.90 Å². The highest BCUT2D eigenvalue weighted by atomic mass is 35.5. The molecular formula is C15H16ClN3O2. The smallest absolute Gasteiger partial charge is 0.224 e. The summed E-state index contributed by atoms with van der Waals surface area (Å²) in [5.41, 5.74) is 3.23. The molecule has 1 aliphatic heterocycles. The molecule has 0 radical (unpaired) electrons. The maximum atomic E-state index is 11.1. The Morgan fingerprint density at radius 3 is 2.76 bits per heavy atom. The van der Waals surface area contributed by atoms with Crippen LogP contribution >= 0.6 is 11.6 Å². The first-order valence-electron chi connectivity index (χ1n) is 6.93. The Hall–Kier alpha value is -1.72. The number of hydrogen-bond donors (Lipinski definition) is 0. The number of allylic oxidation sites excluding steroid dienone is 2. The van der Waals surface area contributed by atoms with Crippen LogP contribution in [0, 0.1) is 0 Å². The quantitative estimate of drug-likeness (QED) is 0.620. The molecule has 0 aromatic carbocycles. The van der Waals surface area contributed by atoms with Gasteiger partial charge in [-0.3, -0.25) is 4.79 Å². The molecular weight excluding hydrogens is 290 g/mol. The van der Waals surface area contributed by atoms with Crippen LogP contribution in [0.25, 0.3) is 11.6 Å². The van der Waals surface area contributed by atoms with Gasteiger partial charge < -0.3 is 9.64 Å². The number of anilines is 1. The van der Waals surface area contributed by atoms with Gasteiger partial charge in [-0.05, 0) is 41.7 Å². The Kier molecular flexibility index (Phi) is 4.03. The third-order valence-corrected chi connectivity index (χ3v) is 3.91. The summed E-state index contributed by atoms with van der Waals surface area (Å²) in [4.78, 5) is 21.9. The lowest BCUT2D eigenvalue weighted by Crippen LogP contribution is -2.37. The molecule has 1 aromatic rings. The number of morpholine rings is 1. The van der Waals surface area contributed by atoms with Gasteiger partial charge in [0.05, 0.1) is 18.9 Å². The van der Waals surface area contributed by atoms with Crippen molar-refractivity contribution in [3.8, 4) is 0 Å². The van der Waals surface area contributed by atoms with E-state index in [0.717, 1.165) is 42.8 Å². The Bertz CT molecular complexity index is 622. The van der Waals surface area contributed by atoms with E-state index in [0.29, 0.717) is 30.9 Å². The number of fused-ring (bicyclic) bond motifs is 1. The number of carbonyl (C=O) groups is 1. The van der Waals surface area contributed by atoms with Crippen molar-refractivity contribution < 1.29 is 9.53 Å². The lowest BCUT2D eigenvalue weighted by molar-refractivity contribution is -0.104. The van der Waals surface area contributed by atoms with E-state index in [1.807, 2.05) is 0 Å². The molecule has 5 nitrogen and oxygen atoms in total. The summed E-state index contributed by atoms with van der Waals surface area (Å²) < 4.78 is 5.38. The fourth-order valence-corrected chi connectivity index (χ4v) is 2.82. The highest BCUT2D eigenvalue weighted by Crippen LogP contribution is 2.35. The minimum Gasteiger partial charge on any atom is -0.378 e. The van der Waals surface area contributed by atoms with Crippen molar-refractivity contribution in [1.82, 2.24) is 9.97 Å². The Balaban J connectivity index is 2.13. The van der Waals surface area contributed by atoms with Gasteiger partial charge in [0.15, 0.2) is 0 Å². The van der Waals surface area contributed by atoms with Crippen LogP contribution in [0.1, 0.15) is 24.1 Å². The lowest BCUT2D eigenvalue weighted by atomic mass is 10.0. The topological polar surface area (TPSA) is 55.3 Å². The van der Waals surface area contributed by atoms with Gasteiger partial charge >= 0.3 is 0 Å². The number of nitrogens with zero attached hydrogens (tertiary/aromatic N) is 3. The molecule has 2 heterocycles. The Labute approximate surface area is 128 Å². The van der Waals surface area contributed by atoms with Gasteiger partial charge in [-0.15, -0.1) is 0 Å². The van der Waals surface area contributed by atoms with Gasteiger partial charge in [-0.1, -0.05) is 6.58 Å². The summed E-state index contributed by atoms with van der Waals surface area (Å²) in [6.45, 7) is 6.99. The first kappa shape index (κ1) is 14.2. The number of aromatic nitrogens is 2. The summed E-state index contributed by atoms with van der Waals surface area (Å²) in [5.74, 6) is 0.793. The normalized spacial score (nSPS) is 18.8. The zero-order chi connectivity index (χ0) is 14.8. The van der Waals surface area contributed by atoms with Crippen molar-refractivity contribution in [2.24, 2.45) is 0 Å². The standard InChI is InChI=1S/C15H16ClN3O2/c1-10-2-3-11(9-20)8-12-13(10)14(18-15(16)17-12)19-4-6-21-7-5-19/h8-9H,1-7H2. The second kappa shape index (κ2) is 5.95. The molecule has 0 unspecified atom stereocenters. The second-order valence-corrected chi connectivity index (χ2v) is 5.45. The predicted molar refractivity (Wildman–Crippen MR) is 82.4 cm³/mol. The zero-order valence-electron chi connectivity index (χ0n) is 11.6. The molecule has 2 aliphatic rings. The van der Waals surface area contributed by atoms with E-state index in [4.69, 9.17) is 16.3 Å². The van der Waals surface area contributed by atoms with E-state index in [1.165, 1.54) is 0 Å². The van der Waals surface area contributed by atoms with Gasteiger partial charge in [0.25, 0.3) is 0 Å². The fraction of sp³-hybridized carbons (Fsp3) is 0.400. The first-order valence-corrected chi connectivity index (χ1v) is 7.31. The minimum absolute atomic E-state index is 0.187. The maximum Gasteiger partial charge on any atom is 0.224 e. The van der Waals surface area contributed by atoms with Crippen LogP contribution in [-0.4, -0.2) is 42.6 Å². The number of hydrogen-bond acceptors (Lipinski definition) is 5. The number of ether oxygens (including phenoxy) is 1. The molecule has 0 amide bonds. The highest BCUT2D eigenvalue weighted by molar-refractivity contribution is 6.28. The number of rotatable bonds is 2. The molecule has 0 atom stereocenters. The van der Waals surface area contributed by atoms with Gasteiger partial charge in [-0.25, -0.2) is 4.98 Å². The number of aldehydes is 1. The predicted octanol–water partition coefficient (Wildman–Crippen LogP) is 2.36. The van der Waals surface area contributed by atoms with Crippen molar-refractivity contribution in [3.63, 3.8) is 0 Å². The van der Waals surface area contributed by atoms with Crippen LogP contribution in [0.4, 0.5) is 5.82 Å². The van der Waals surface area contributed by atoms with Crippen molar-refractivity contribution in [3.05, 3.63) is 28.7 Å². The summed E-state index contributed by atoms with van der Waals surface area (Å²) in [6.07, 6.45) is 4.05. The minimum atomic E-state index is 0.187. The largest absolute Gasteiger partial charge is 0.378 e. The first-order chi connectivity index (χ1) is 10.2. The number of halogens is 1. The van der Waals surface area contributed by atoms with Gasteiger partial charge in [-0.2, -0.15) is 4.98 Å². The molecule has 0 saturated carbocycles. The Morgan fingerprint density at radius 1 is 1.29 bits per heavy atom. The highest BCUT2D eigenvalue weighted by Gasteiger charge is 2.23. The van der Waals surface area contributed by atoms with E-state index in [-0.39, 0.29) is 5.28 Å². The molecule has 21 heavy (non-hydrogen) atoms. The molecule has 1 fully saturated rings. The third kappa shape index (κ3) is 2.84. The Morgan fingerprint density at radius 2 is 2.05 bits per heavy atom. The summed E-state index contributed by atoms with van der Waals surface area (Å²) in [6, 6.07) is 0. The second-order valence-electron chi connectivity index (χ2n) is 5.12. The SMILES string of the molecule is C=C1CCC(C=O)=Cc2nc(Cl)nc(N3CCOCC3)c21. The molecule has 1 saturated heterocycles. The molecule has 1 aromatic heterocycles. The summed E-state index contributed by atoms with van der Waals surface area (Å²) >= 11 is 6.07. The van der Waals surface area contributed by atoms with Crippen LogP contribution in [0.2, 0.25) is 5.28 Å². The maximum absolute atomic E-state index is 11.1. The van der Waals surface area contributed by atoms with Crippen molar-refractivity contribution in [2.75, 3.05) is 31.2 Å². The van der Waals surface area contributed by atoms with Gasteiger partial charge in [0.2, 0.25) is 5.28 Å². The van der Waals surface area contributed by atoms with Crippen molar-refractivity contribution >= 4 is 35.4 Å². The van der Waals surface area contributed by atoms with E-state index >= 15 is 0 Å². The van der Waals surface area contributed by atoms with Gasteiger partial charge in [0.1, 0.15) is 12.1 Å². The monoisotopic (exact) mass is 305 g/mol. The van der Waals surface area contributed by atoms with Crippen LogP contribution in [0.3, 0.4) is 0 Å². The molecule has 3 rings (SSSR count). The lowest BCUT2D eigenvalue weighted by Gasteiger charge is -2.30. The average Bonchev–Trinajstić information content (AvgIpc) is 2.66. The molecule has 0 bridgehead atoms. The van der Waals surface area contributed by atoms with E-state index in [2.05, 4.69) is 21.4 Å². The molecule has 6 heteroatoms.